The lowest BCUT2D eigenvalue weighted by molar-refractivity contribution is 0.0725. The molecule has 120 valence electrons. The molecule has 1 fully saturated rings. The van der Waals surface area contributed by atoms with Crippen molar-refractivity contribution in [1.29, 1.82) is 0 Å². The van der Waals surface area contributed by atoms with Crippen LogP contribution in [0.1, 0.15) is 65.0 Å². The Balaban J connectivity index is 1.64. The summed E-state index contributed by atoms with van der Waals surface area (Å²) in [5, 5.41) is 7.41. The lowest BCUT2D eigenvalue weighted by Gasteiger charge is -2.24. The van der Waals surface area contributed by atoms with Crippen LogP contribution in [0.2, 0.25) is 0 Å². The molecule has 23 heavy (non-hydrogen) atoms. The van der Waals surface area contributed by atoms with Crippen molar-refractivity contribution in [3.05, 3.63) is 40.7 Å². The van der Waals surface area contributed by atoms with Crippen LogP contribution in [0.25, 0.3) is 0 Å². The van der Waals surface area contributed by atoms with Gasteiger partial charge in [-0.05, 0) is 51.5 Å². The molecular weight excluding hydrogens is 290 g/mol. The predicted octanol–water partition coefficient (Wildman–Crippen LogP) is 2.36. The highest BCUT2D eigenvalue weighted by Crippen LogP contribution is 2.33. The maximum atomic E-state index is 13.0. The minimum absolute atomic E-state index is 0.0418. The summed E-state index contributed by atoms with van der Waals surface area (Å²) < 4.78 is 0. The summed E-state index contributed by atoms with van der Waals surface area (Å²) in [6, 6.07) is 1.96. The van der Waals surface area contributed by atoms with Crippen LogP contribution in [0.15, 0.2) is 12.3 Å². The Morgan fingerprint density at radius 2 is 2.17 bits per heavy atom. The fourth-order valence-electron chi connectivity index (χ4n) is 3.77. The van der Waals surface area contributed by atoms with Crippen molar-refractivity contribution in [2.45, 2.75) is 51.5 Å². The topological polar surface area (TPSA) is 74.8 Å². The highest BCUT2D eigenvalue weighted by atomic mass is 16.2. The van der Waals surface area contributed by atoms with Crippen LogP contribution in [-0.2, 0) is 12.8 Å². The maximum Gasteiger partial charge on any atom is 0.275 e. The van der Waals surface area contributed by atoms with Gasteiger partial charge in [0.2, 0.25) is 0 Å². The number of rotatable bonds is 2. The summed E-state index contributed by atoms with van der Waals surface area (Å²) in [4.78, 5) is 23.7. The van der Waals surface area contributed by atoms with Crippen molar-refractivity contribution in [1.82, 2.24) is 25.1 Å². The fourth-order valence-corrected chi connectivity index (χ4v) is 3.77. The van der Waals surface area contributed by atoms with E-state index < -0.39 is 0 Å². The highest BCUT2D eigenvalue weighted by Gasteiger charge is 2.34. The zero-order valence-electron chi connectivity index (χ0n) is 13.4. The molecule has 1 aliphatic heterocycles. The molecule has 1 aliphatic carbocycles. The summed E-state index contributed by atoms with van der Waals surface area (Å²) >= 11 is 0. The van der Waals surface area contributed by atoms with Gasteiger partial charge < -0.3 is 4.90 Å². The zero-order valence-corrected chi connectivity index (χ0v) is 13.4. The van der Waals surface area contributed by atoms with E-state index in [0.29, 0.717) is 5.69 Å². The normalized spacial score (nSPS) is 20.6. The van der Waals surface area contributed by atoms with E-state index >= 15 is 0 Å². The molecule has 6 heteroatoms. The first-order valence-electron chi connectivity index (χ1n) is 8.40. The first-order valence-corrected chi connectivity index (χ1v) is 8.40. The largest absolute Gasteiger partial charge is 0.329 e. The van der Waals surface area contributed by atoms with Gasteiger partial charge in [0.25, 0.3) is 5.91 Å². The van der Waals surface area contributed by atoms with Gasteiger partial charge in [0.15, 0.2) is 5.69 Å². The molecule has 1 saturated heterocycles. The third-order valence-corrected chi connectivity index (χ3v) is 4.91. The van der Waals surface area contributed by atoms with Crippen LogP contribution in [0.5, 0.6) is 0 Å². The number of nitrogens with zero attached hydrogens (tertiary/aromatic N) is 4. The lowest BCUT2D eigenvalue weighted by atomic mass is 9.95. The molecule has 6 nitrogen and oxygen atoms in total. The highest BCUT2D eigenvalue weighted by molar-refractivity contribution is 5.94. The molecule has 0 bridgehead atoms. The molecule has 2 aromatic heterocycles. The van der Waals surface area contributed by atoms with Crippen molar-refractivity contribution in [3.63, 3.8) is 0 Å². The molecule has 0 radical (unpaired) electrons. The Morgan fingerprint density at radius 1 is 1.30 bits per heavy atom. The summed E-state index contributed by atoms with van der Waals surface area (Å²) in [6.45, 7) is 2.66. The van der Waals surface area contributed by atoms with Gasteiger partial charge in [0.05, 0.1) is 11.7 Å². The number of carbonyl (C=O) groups excluding carboxylic acids is 1. The van der Waals surface area contributed by atoms with Gasteiger partial charge in [-0.25, -0.2) is 9.97 Å². The molecule has 2 aromatic rings. The average molecular weight is 311 g/mol. The SMILES string of the molecule is Cc1nccc([C@@H]2CCCN2C(=O)c2n[nH]c3c2CCCC3)n1. The number of hydrogen-bond donors (Lipinski definition) is 1. The number of hydrogen-bond acceptors (Lipinski definition) is 4. The molecular formula is C17H21N5O. The predicted molar refractivity (Wildman–Crippen MR) is 85.0 cm³/mol. The number of nitrogens with one attached hydrogen (secondary N) is 1. The summed E-state index contributed by atoms with van der Waals surface area (Å²) in [5.41, 5.74) is 3.84. The van der Waals surface area contributed by atoms with Crippen molar-refractivity contribution in [3.8, 4) is 0 Å². The van der Waals surface area contributed by atoms with Gasteiger partial charge >= 0.3 is 0 Å². The van der Waals surface area contributed by atoms with Gasteiger partial charge in [-0.15, -0.1) is 0 Å². The molecule has 2 aliphatic rings. The minimum atomic E-state index is 0.0418. The zero-order chi connectivity index (χ0) is 15.8. The Kier molecular flexibility index (Phi) is 3.59. The monoisotopic (exact) mass is 311 g/mol. The third kappa shape index (κ3) is 2.52. The summed E-state index contributed by atoms with van der Waals surface area (Å²) in [6.07, 6.45) is 8.01. The maximum absolute atomic E-state index is 13.0. The van der Waals surface area contributed by atoms with E-state index in [1.165, 1.54) is 6.42 Å². The van der Waals surface area contributed by atoms with E-state index in [1.807, 2.05) is 17.9 Å². The molecule has 0 aromatic carbocycles. The van der Waals surface area contributed by atoms with Crippen molar-refractivity contribution in [2.75, 3.05) is 6.54 Å². The number of carbonyl (C=O) groups is 1. The van der Waals surface area contributed by atoms with Crippen molar-refractivity contribution < 1.29 is 4.79 Å². The molecule has 1 amide bonds. The first kappa shape index (κ1) is 14.4. The van der Waals surface area contributed by atoms with E-state index in [4.69, 9.17) is 0 Å². The second kappa shape index (κ2) is 5.76. The summed E-state index contributed by atoms with van der Waals surface area (Å²) in [7, 11) is 0. The number of aryl methyl sites for hydroxylation is 2. The van der Waals surface area contributed by atoms with Crippen LogP contribution in [0.3, 0.4) is 0 Å². The minimum Gasteiger partial charge on any atom is -0.329 e. The van der Waals surface area contributed by atoms with Gasteiger partial charge in [0.1, 0.15) is 5.82 Å². The number of aromatic amines is 1. The Morgan fingerprint density at radius 3 is 3.04 bits per heavy atom. The van der Waals surface area contributed by atoms with Crippen molar-refractivity contribution >= 4 is 5.91 Å². The van der Waals surface area contributed by atoms with E-state index in [0.717, 1.165) is 61.4 Å². The first-order chi connectivity index (χ1) is 11.2. The Hall–Kier alpha value is -2.24. The quantitative estimate of drug-likeness (QED) is 0.924. The number of amides is 1. The van der Waals surface area contributed by atoms with Crippen LogP contribution in [-0.4, -0.2) is 37.5 Å². The van der Waals surface area contributed by atoms with Gasteiger partial charge in [-0.2, -0.15) is 5.10 Å². The molecule has 1 atom stereocenters. The number of aromatic nitrogens is 4. The van der Waals surface area contributed by atoms with Gasteiger partial charge in [0, 0.05) is 24.0 Å². The van der Waals surface area contributed by atoms with Gasteiger partial charge in [-0.3, -0.25) is 9.89 Å². The van der Waals surface area contributed by atoms with Crippen LogP contribution in [0.4, 0.5) is 0 Å². The second-order valence-corrected chi connectivity index (χ2v) is 6.42. The average Bonchev–Trinajstić information content (AvgIpc) is 3.21. The summed E-state index contributed by atoms with van der Waals surface area (Å²) in [5.74, 6) is 0.794. The second-order valence-electron chi connectivity index (χ2n) is 6.42. The molecule has 3 heterocycles. The van der Waals surface area contributed by atoms with E-state index in [1.54, 1.807) is 6.20 Å². The lowest BCUT2D eigenvalue weighted by Crippen LogP contribution is -2.32. The van der Waals surface area contributed by atoms with E-state index in [-0.39, 0.29) is 11.9 Å². The molecule has 0 saturated carbocycles. The van der Waals surface area contributed by atoms with E-state index in [9.17, 15) is 4.79 Å². The molecule has 4 rings (SSSR count). The Bertz CT molecular complexity index is 738. The third-order valence-electron chi connectivity index (χ3n) is 4.91. The molecule has 1 N–H and O–H groups in total. The number of likely N-dealkylation sites (tertiary alicyclic amines) is 1. The van der Waals surface area contributed by atoms with E-state index in [2.05, 4.69) is 20.2 Å². The van der Waals surface area contributed by atoms with Gasteiger partial charge in [-0.1, -0.05) is 0 Å². The van der Waals surface area contributed by atoms with Crippen LogP contribution in [0, 0.1) is 6.92 Å². The fraction of sp³-hybridized carbons (Fsp3) is 0.529. The van der Waals surface area contributed by atoms with Crippen molar-refractivity contribution in [2.24, 2.45) is 0 Å². The smallest absolute Gasteiger partial charge is 0.275 e. The Labute approximate surface area is 135 Å². The molecule has 0 spiro atoms. The standard InChI is InChI=1S/C17H21N5O/c1-11-18-9-8-14(19-11)15-7-4-10-22(15)17(23)16-12-5-2-3-6-13(12)20-21-16/h8-9,15H,2-7,10H2,1H3,(H,20,21)/t15-/m0/s1. The number of fused-ring (bicyclic) bond motifs is 1. The number of H-pyrrole nitrogens is 1. The molecule has 0 unspecified atom stereocenters. The van der Waals surface area contributed by atoms with Crippen LogP contribution >= 0.6 is 0 Å². The van der Waals surface area contributed by atoms with Crippen LogP contribution < -0.4 is 0 Å².